The highest BCUT2D eigenvalue weighted by Crippen LogP contribution is 2.29. The minimum Gasteiger partial charge on any atom is -0.211 e. The minimum atomic E-state index is -3.63. The topological polar surface area (TPSA) is 46.2 Å². The van der Waals surface area contributed by atoms with Crippen LogP contribution in [0.1, 0.15) is 18.1 Å². The lowest BCUT2D eigenvalue weighted by atomic mass is 10.1. The van der Waals surface area contributed by atoms with E-state index in [0.29, 0.717) is 23.4 Å². The molecule has 0 radical (unpaired) electrons. The second-order valence-corrected chi connectivity index (χ2v) is 8.05. The lowest BCUT2D eigenvalue weighted by Gasteiger charge is -2.11. The third-order valence-corrected chi connectivity index (χ3v) is 6.06. The molecular formula is C20H20ClNO2S. The van der Waals surface area contributed by atoms with Gasteiger partial charge >= 0.3 is 0 Å². The van der Waals surface area contributed by atoms with Gasteiger partial charge in [-0.3, -0.25) is 0 Å². The van der Waals surface area contributed by atoms with E-state index in [1.54, 1.807) is 18.2 Å². The molecule has 3 rings (SSSR count). The van der Waals surface area contributed by atoms with Crippen LogP contribution in [0.4, 0.5) is 0 Å². The van der Waals surface area contributed by atoms with Crippen molar-refractivity contribution in [2.75, 3.05) is 6.54 Å². The zero-order valence-corrected chi connectivity index (χ0v) is 15.6. The molecule has 0 aliphatic rings. The average Bonchev–Trinajstić information content (AvgIpc) is 2.62. The number of halogens is 1. The van der Waals surface area contributed by atoms with Gasteiger partial charge in [-0.05, 0) is 41.5 Å². The van der Waals surface area contributed by atoms with Crippen molar-refractivity contribution in [3.05, 3.63) is 76.8 Å². The predicted octanol–water partition coefficient (Wildman–Crippen LogP) is 4.58. The van der Waals surface area contributed by atoms with Crippen molar-refractivity contribution >= 4 is 32.4 Å². The number of nitrogens with one attached hydrogen (secondary N) is 1. The van der Waals surface area contributed by atoms with Crippen LogP contribution in [0, 0.1) is 0 Å². The van der Waals surface area contributed by atoms with Crippen LogP contribution >= 0.6 is 11.6 Å². The Morgan fingerprint density at radius 2 is 1.56 bits per heavy atom. The third kappa shape index (κ3) is 4.03. The summed E-state index contributed by atoms with van der Waals surface area (Å²) in [5.74, 6) is 0. The fourth-order valence-corrected chi connectivity index (χ4v) is 4.46. The second kappa shape index (κ2) is 7.56. The van der Waals surface area contributed by atoms with Crippen molar-refractivity contribution in [2.45, 2.75) is 24.7 Å². The largest absolute Gasteiger partial charge is 0.241 e. The fourth-order valence-electron chi connectivity index (χ4n) is 2.84. The van der Waals surface area contributed by atoms with Gasteiger partial charge in [0.05, 0.1) is 4.90 Å². The average molecular weight is 374 g/mol. The Morgan fingerprint density at radius 3 is 2.24 bits per heavy atom. The first-order valence-corrected chi connectivity index (χ1v) is 10.1. The predicted molar refractivity (Wildman–Crippen MR) is 104 cm³/mol. The van der Waals surface area contributed by atoms with E-state index in [0.717, 1.165) is 17.4 Å². The summed E-state index contributed by atoms with van der Waals surface area (Å²) < 4.78 is 28.1. The third-order valence-electron chi connectivity index (χ3n) is 4.24. The van der Waals surface area contributed by atoms with Crippen molar-refractivity contribution in [3.8, 4) is 0 Å². The van der Waals surface area contributed by atoms with Crippen LogP contribution < -0.4 is 4.72 Å². The van der Waals surface area contributed by atoms with E-state index in [1.165, 1.54) is 5.56 Å². The van der Waals surface area contributed by atoms with Crippen molar-refractivity contribution in [1.29, 1.82) is 0 Å². The van der Waals surface area contributed by atoms with Gasteiger partial charge in [0.2, 0.25) is 10.0 Å². The van der Waals surface area contributed by atoms with E-state index in [-0.39, 0.29) is 4.90 Å². The summed E-state index contributed by atoms with van der Waals surface area (Å²) in [5.41, 5.74) is 2.38. The molecule has 0 fully saturated rings. The monoisotopic (exact) mass is 373 g/mol. The Balaban J connectivity index is 1.78. The molecule has 5 heteroatoms. The first-order chi connectivity index (χ1) is 12.0. The Bertz CT molecular complexity index is 977. The van der Waals surface area contributed by atoms with Crippen molar-refractivity contribution in [3.63, 3.8) is 0 Å². The van der Waals surface area contributed by atoms with Gasteiger partial charge in [-0.25, -0.2) is 13.1 Å². The number of hydrogen-bond donors (Lipinski definition) is 1. The van der Waals surface area contributed by atoms with Crippen LogP contribution in [0.3, 0.4) is 0 Å². The molecule has 130 valence electrons. The summed E-state index contributed by atoms with van der Waals surface area (Å²) in [5, 5.41) is 1.81. The number of fused-ring (bicyclic) bond motifs is 1. The van der Waals surface area contributed by atoms with Crippen LogP contribution in [0.5, 0.6) is 0 Å². The zero-order chi connectivity index (χ0) is 17.9. The lowest BCUT2D eigenvalue weighted by molar-refractivity contribution is 0.582. The smallest absolute Gasteiger partial charge is 0.211 e. The molecule has 0 unspecified atom stereocenters. The van der Waals surface area contributed by atoms with E-state index in [4.69, 9.17) is 11.6 Å². The summed E-state index contributed by atoms with van der Waals surface area (Å²) in [7, 11) is -3.63. The summed E-state index contributed by atoms with van der Waals surface area (Å²) in [6.07, 6.45) is 1.64. The standard InChI is InChI=1S/C20H20ClNO2S/c1-2-15-9-11-16(12-10-15)13-14-22-25(23,24)19-8-4-6-17-5-3-7-18(21)20(17)19/h3-12,22H,2,13-14H2,1H3. The van der Waals surface area contributed by atoms with E-state index in [9.17, 15) is 8.42 Å². The van der Waals surface area contributed by atoms with Crippen molar-refractivity contribution in [1.82, 2.24) is 4.72 Å². The Hall–Kier alpha value is -1.88. The molecule has 0 aliphatic heterocycles. The summed E-state index contributed by atoms with van der Waals surface area (Å²) in [6, 6.07) is 18.8. The molecule has 0 heterocycles. The first-order valence-electron chi connectivity index (χ1n) is 8.26. The summed E-state index contributed by atoms with van der Waals surface area (Å²) in [6.45, 7) is 2.45. The van der Waals surface area contributed by atoms with Gasteiger partial charge in [-0.1, -0.05) is 67.1 Å². The van der Waals surface area contributed by atoms with Gasteiger partial charge in [-0.2, -0.15) is 0 Å². The molecule has 3 aromatic rings. The molecule has 3 aromatic carbocycles. The van der Waals surface area contributed by atoms with Gasteiger partial charge in [-0.15, -0.1) is 0 Å². The summed E-state index contributed by atoms with van der Waals surface area (Å²) >= 11 is 6.23. The van der Waals surface area contributed by atoms with E-state index < -0.39 is 10.0 Å². The Morgan fingerprint density at radius 1 is 0.920 bits per heavy atom. The Kier molecular flexibility index (Phi) is 5.42. The SMILES string of the molecule is CCc1ccc(CCNS(=O)(=O)c2cccc3cccc(Cl)c23)cc1. The normalized spacial score (nSPS) is 11.8. The highest BCUT2D eigenvalue weighted by Gasteiger charge is 2.18. The molecule has 1 N–H and O–H groups in total. The van der Waals surface area contributed by atoms with E-state index in [2.05, 4.69) is 23.8 Å². The lowest BCUT2D eigenvalue weighted by Crippen LogP contribution is -2.26. The van der Waals surface area contributed by atoms with Gasteiger partial charge in [0.25, 0.3) is 0 Å². The number of aryl methyl sites for hydroxylation is 1. The maximum Gasteiger partial charge on any atom is 0.241 e. The number of benzene rings is 3. The summed E-state index contributed by atoms with van der Waals surface area (Å²) in [4.78, 5) is 0.219. The van der Waals surface area contributed by atoms with Crippen LogP contribution in [-0.2, 0) is 22.9 Å². The van der Waals surface area contributed by atoms with Crippen molar-refractivity contribution < 1.29 is 8.42 Å². The quantitative estimate of drug-likeness (QED) is 0.687. The molecule has 0 saturated heterocycles. The van der Waals surface area contributed by atoms with Crippen molar-refractivity contribution in [2.24, 2.45) is 0 Å². The fraction of sp³-hybridized carbons (Fsp3) is 0.200. The molecular weight excluding hydrogens is 354 g/mol. The van der Waals surface area contributed by atoms with Gasteiger partial charge in [0.15, 0.2) is 0 Å². The second-order valence-electron chi connectivity index (χ2n) is 5.91. The highest BCUT2D eigenvalue weighted by atomic mass is 35.5. The van der Waals surface area contributed by atoms with Crippen LogP contribution in [0.25, 0.3) is 10.8 Å². The molecule has 0 saturated carbocycles. The Labute approximate surface area is 153 Å². The van der Waals surface area contributed by atoms with Gasteiger partial charge in [0.1, 0.15) is 0 Å². The molecule has 0 aromatic heterocycles. The van der Waals surface area contributed by atoms with E-state index in [1.807, 2.05) is 30.3 Å². The maximum atomic E-state index is 12.7. The molecule has 0 atom stereocenters. The molecule has 0 spiro atoms. The van der Waals surface area contributed by atoms with E-state index >= 15 is 0 Å². The molecule has 0 bridgehead atoms. The zero-order valence-electron chi connectivity index (χ0n) is 14.0. The van der Waals surface area contributed by atoms with Gasteiger partial charge in [0, 0.05) is 17.0 Å². The highest BCUT2D eigenvalue weighted by molar-refractivity contribution is 7.89. The maximum absolute atomic E-state index is 12.7. The van der Waals surface area contributed by atoms with Crippen LogP contribution in [0.2, 0.25) is 5.02 Å². The van der Waals surface area contributed by atoms with Gasteiger partial charge < -0.3 is 0 Å². The molecule has 3 nitrogen and oxygen atoms in total. The first kappa shape index (κ1) is 17.9. The van der Waals surface area contributed by atoms with Crippen LogP contribution in [0.15, 0.2) is 65.6 Å². The molecule has 25 heavy (non-hydrogen) atoms. The molecule has 0 amide bonds. The number of sulfonamides is 1. The molecule has 0 aliphatic carbocycles. The number of rotatable bonds is 6. The number of hydrogen-bond acceptors (Lipinski definition) is 2. The minimum absolute atomic E-state index is 0.219. The van der Waals surface area contributed by atoms with Crippen LogP contribution in [-0.4, -0.2) is 15.0 Å².